The zero-order valence-electron chi connectivity index (χ0n) is 14.8. The van der Waals surface area contributed by atoms with Gasteiger partial charge in [-0.1, -0.05) is 12.1 Å². The first kappa shape index (κ1) is 17.9. The fourth-order valence-electron chi connectivity index (χ4n) is 2.69. The van der Waals surface area contributed by atoms with Gasteiger partial charge in [0.2, 0.25) is 0 Å². The van der Waals surface area contributed by atoms with E-state index in [4.69, 9.17) is 0 Å². The second-order valence-electron chi connectivity index (χ2n) is 6.00. The van der Waals surface area contributed by atoms with Gasteiger partial charge in [-0.2, -0.15) is 0 Å². The van der Waals surface area contributed by atoms with Crippen LogP contribution in [-0.2, 0) is 0 Å². The maximum Gasteiger partial charge on any atom is 0.259 e. The lowest BCUT2D eigenvalue weighted by atomic mass is 10.0. The Morgan fingerprint density at radius 1 is 1.07 bits per heavy atom. The van der Waals surface area contributed by atoms with Gasteiger partial charge in [-0.3, -0.25) is 14.8 Å². The Hall–Kier alpha value is -3.52. The second-order valence-corrected chi connectivity index (χ2v) is 6.84. The average molecular weight is 391 g/mol. The lowest BCUT2D eigenvalue weighted by molar-refractivity contribution is 0.102. The molecule has 4 aromatic rings. The quantitative estimate of drug-likeness (QED) is 0.559. The third-order valence-electron chi connectivity index (χ3n) is 4.15. The molecule has 0 saturated carbocycles. The van der Waals surface area contributed by atoms with E-state index in [-0.39, 0.29) is 11.4 Å². The summed E-state index contributed by atoms with van der Waals surface area (Å²) in [6.07, 6.45) is 7.14. The van der Waals surface area contributed by atoms with Crippen molar-refractivity contribution >= 4 is 23.3 Å². The number of benzene rings is 1. The molecule has 0 spiro atoms. The van der Waals surface area contributed by atoms with Crippen molar-refractivity contribution in [3.05, 3.63) is 78.3 Å². The van der Waals surface area contributed by atoms with E-state index in [1.807, 2.05) is 31.2 Å². The standard InChI is InChI=1S/C20H14FN5OS/c1-12-2-3-13(18-5-7-25-28-18)8-15(12)17-10-24-19(11-23-17)26-20(27)14-4-6-22-9-16(14)21/h2-11H,1H3,(H,24,26,27). The molecule has 0 atom stereocenters. The number of hydrogen-bond acceptors (Lipinski definition) is 6. The zero-order chi connectivity index (χ0) is 19.5. The fraction of sp³-hybridized carbons (Fsp3) is 0.0500. The summed E-state index contributed by atoms with van der Waals surface area (Å²) in [5, 5.41) is 2.54. The molecule has 0 unspecified atom stereocenters. The summed E-state index contributed by atoms with van der Waals surface area (Å²) in [6, 6.07) is 9.37. The minimum absolute atomic E-state index is 0.103. The third-order valence-corrected chi connectivity index (χ3v) is 4.94. The molecule has 0 aliphatic heterocycles. The smallest absolute Gasteiger partial charge is 0.259 e. The molecule has 1 amide bonds. The SMILES string of the molecule is Cc1ccc(-c2ccns2)cc1-c1cnc(NC(=O)c2ccncc2F)cn1. The van der Waals surface area contributed by atoms with Gasteiger partial charge in [0.15, 0.2) is 11.6 Å². The summed E-state index contributed by atoms with van der Waals surface area (Å²) in [6.45, 7) is 2.00. The van der Waals surface area contributed by atoms with Gasteiger partial charge in [-0.15, -0.1) is 0 Å². The minimum atomic E-state index is -0.694. The van der Waals surface area contributed by atoms with E-state index in [2.05, 4.69) is 24.6 Å². The van der Waals surface area contributed by atoms with Crippen LogP contribution >= 0.6 is 11.5 Å². The molecule has 1 aromatic carbocycles. The molecular formula is C20H14FN5OS. The summed E-state index contributed by atoms with van der Waals surface area (Å²) in [4.78, 5) is 25.5. The topological polar surface area (TPSA) is 80.7 Å². The third kappa shape index (κ3) is 3.63. The molecule has 0 radical (unpaired) electrons. The molecular weight excluding hydrogens is 377 g/mol. The van der Waals surface area contributed by atoms with E-state index >= 15 is 0 Å². The van der Waals surface area contributed by atoms with Gasteiger partial charge in [0, 0.05) is 18.0 Å². The number of rotatable bonds is 4. The molecule has 6 nitrogen and oxygen atoms in total. The van der Waals surface area contributed by atoms with Crippen LogP contribution in [0.2, 0.25) is 0 Å². The predicted octanol–water partition coefficient (Wildman–Crippen LogP) is 4.36. The Balaban J connectivity index is 1.58. The van der Waals surface area contributed by atoms with Crippen molar-refractivity contribution in [1.82, 2.24) is 19.3 Å². The van der Waals surface area contributed by atoms with Gasteiger partial charge in [-0.05, 0) is 47.8 Å². The van der Waals surface area contributed by atoms with E-state index in [0.717, 1.165) is 27.8 Å². The van der Waals surface area contributed by atoms with Crippen LogP contribution < -0.4 is 5.32 Å². The number of aryl methyl sites for hydroxylation is 1. The van der Waals surface area contributed by atoms with Crippen molar-refractivity contribution in [2.75, 3.05) is 5.32 Å². The second kappa shape index (κ2) is 7.61. The maximum atomic E-state index is 13.7. The monoisotopic (exact) mass is 391 g/mol. The number of nitrogens with zero attached hydrogens (tertiary/aromatic N) is 4. The molecule has 4 rings (SSSR count). The molecule has 1 N–H and O–H groups in total. The molecule has 138 valence electrons. The number of halogens is 1. The Bertz CT molecular complexity index is 1130. The van der Waals surface area contributed by atoms with Crippen LogP contribution in [0.5, 0.6) is 0 Å². The van der Waals surface area contributed by atoms with Crippen molar-refractivity contribution in [3.8, 4) is 21.7 Å². The van der Waals surface area contributed by atoms with Crippen LogP contribution in [0, 0.1) is 12.7 Å². The number of hydrogen-bond donors (Lipinski definition) is 1. The zero-order valence-corrected chi connectivity index (χ0v) is 15.6. The number of aromatic nitrogens is 4. The molecule has 3 heterocycles. The Labute approximate surface area is 164 Å². The summed E-state index contributed by atoms with van der Waals surface area (Å²) >= 11 is 1.43. The summed E-state index contributed by atoms with van der Waals surface area (Å²) < 4.78 is 17.8. The van der Waals surface area contributed by atoms with Crippen molar-refractivity contribution in [2.24, 2.45) is 0 Å². The van der Waals surface area contributed by atoms with Crippen LogP contribution in [0.1, 0.15) is 15.9 Å². The first-order valence-electron chi connectivity index (χ1n) is 8.37. The van der Waals surface area contributed by atoms with Crippen molar-refractivity contribution in [3.63, 3.8) is 0 Å². The number of carbonyl (C=O) groups excluding carboxylic acids is 1. The maximum absolute atomic E-state index is 13.7. The van der Waals surface area contributed by atoms with Gasteiger partial charge in [-0.25, -0.2) is 13.7 Å². The van der Waals surface area contributed by atoms with Gasteiger partial charge in [0.25, 0.3) is 5.91 Å². The largest absolute Gasteiger partial charge is 0.305 e. The molecule has 0 aliphatic rings. The van der Waals surface area contributed by atoms with E-state index in [0.29, 0.717) is 5.69 Å². The number of carbonyl (C=O) groups is 1. The van der Waals surface area contributed by atoms with Crippen LogP contribution in [0.25, 0.3) is 21.7 Å². The normalized spacial score (nSPS) is 10.6. The van der Waals surface area contributed by atoms with Crippen LogP contribution in [0.3, 0.4) is 0 Å². The van der Waals surface area contributed by atoms with Crippen molar-refractivity contribution in [2.45, 2.75) is 6.92 Å². The first-order chi connectivity index (χ1) is 13.6. The molecule has 0 bridgehead atoms. The van der Waals surface area contributed by atoms with E-state index in [1.54, 1.807) is 12.4 Å². The summed E-state index contributed by atoms with van der Waals surface area (Å²) in [7, 11) is 0. The summed E-state index contributed by atoms with van der Waals surface area (Å²) in [5.74, 6) is -1.06. The number of nitrogens with one attached hydrogen (secondary N) is 1. The fourth-order valence-corrected chi connectivity index (χ4v) is 3.28. The molecule has 3 aromatic heterocycles. The predicted molar refractivity (Wildman–Crippen MR) is 105 cm³/mol. The number of anilines is 1. The van der Waals surface area contributed by atoms with Crippen LogP contribution in [0.4, 0.5) is 10.2 Å². The van der Waals surface area contributed by atoms with Crippen LogP contribution in [-0.4, -0.2) is 25.2 Å². The highest BCUT2D eigenvalue weighted by molar-refractivity contribution is 7.09. The van der Waals surface area contributed by atoms with Crippen LogP contribution in [0.15, 0.2) is 61.3 Å². The van der Waals surface area contributed by atoms with Crippen molar-refractivity contribution < 1.29 is 9.18 Å². The average Bonchev–Trinajstić information content (AvgIpc) is 3.24. The Morgan fingerprint density at radius 2 is 1.96 bits per heavy atom. The first-order valence-corrected chi connectivity index (χ1v) is 9.14. The van der Waals surface area contributed by atoms with E-state index < -0.39 is 11.7 Å². The summed E-state index contributed by atoms with van der Waals surface area (Å²) in [5.41, 5.74) is 3.62. The lowest BCUT2D eigenvalue weighted by Crippen LogP contribution is -2.15. The highest BCUT2D eigenvalue weighted by Crippen LogP contribution is 2.29. The molecule has 8 heteroatoms. The lowest BCUT2D eigenvalue weighted by Gasteiger charge is -2.09. The number of pyridine rings is 1. The van der Waals surface area contributed by atoms with Gasteiger partial charge in [0.1, 0.15) is 0 Å². The van der Waals surface area contributed by atoms with E-state index in [9.17, 15) is 9.18 Å². The molecule has 0 fully saturated rings. The van der Waals surface area contributed by atoms with E-state index in [1.165, 1.54) is 30.0 Å². The molecule has 0 aliphatic carbocycles. The van der Waals surface area contributed by atoms with Gasteiger partial charge in [0.05, 0.1) is 34.7 Å². The molecule has 0 saturated heterocycles. The van der Waals surface area contributed by atoms with Gasteiger partial charge >= 0.3 is 0 Å². The van der Waals surface area contributed by atoms with Crippen molar-refractivity contribution in [1.29, 1.82) is 0 Å². The Kier molecular flexibility index (Phi) is 4.86. The number of amides is 1. The Morgan fingerprint density at radius 3 is 2.68 bits per heavy atom. The highest BCUT2D eigenvalue weighted by atomic mass is 32.1. The minimum Gasteiger partial charge on any atom is -0.305 e. The molecule has 28 heavy (non-hydrogen) atoms. The van der Waals surface area contributed by atoms with Gasteiger partial charge < -0.3 is 5.32 Å². The highest BCUT2D eigenvalue weighted by Gasteiger charge is 2.13.